The number of nitrogens with zero attached hydrogens (tertiary/aromatic N) is 3. The standard InChI is InChI=1S/C11H12N4O/c12-2-3-14-4-5-15-11(14)7-10(13-15)9-1-6-16-8-9/h1,4-8H,2-3,12H2. The Bertz CT molecular complexity index is 591. The smallest absolute Gasteiger partial charge is 0.136 e. The molecule has 5 heteroatoms. The van der Waals surface area contributed by atoms with Crippen molar-refractivity contribution in [2.75, 3.05) is 6.54 Å². The van der Waals surface area contributed by atoms with Gasteiger partial charge in [0.2, 0.25) is 0 Å². The van der Waals surface area contributed by atoms with Crippen LogP contribution in [-0.4, -0.2) is 20.7 Å². The molecule has 5 nitrogen and oxygen atoms in total. The monoisotopic (exact) mass is 216 g/mol. The van der Waals surface area contributed by atoms with E-state index < -0.39 is 0 Å². The normalized spacial score (nSPS) is 11.3. The third-order valence-electron chi connectivity index (χ3n) is 2.59. The Morgan fingerprint density at radius 1 is 1.38 bits per heavy atom. The lowest BCUT2D eigenvalue weighted by atomic mass is 10.2. The zero-order valence-corrected chi connectivity index (χ0v) is 8.71. The first kappa shape index (κ1) is 9.23. The SMILES string of the molecule is NCCn1ccn2nc(-c3ccoc3)cc12. The molecule has 3 aromatic heterocycles. The van der Waals surface area contributed by atoms with Gasteiger partial charge in [-0.1, -0.05) is 0 Å². The maximum absolute atomic E-state index is 5.55. The van der Waals surface area contributed by atoms with Crippen LogP contribution in [-0.2, 0) is 6.54 Å². The molecule has 0 atom stereocenters. The lowest BCUT2D eigenvalue weighted by Gasteiger charge is -1.97. The van der Waals surface area contributed by atoms with Crippen molar-refractivity contribution in [3.63, 3.8) is 0 Å². The van der Waals surface area contributed by atoms with Crippen molar-refractivity contribution < 1.29 is 4.42 Å². The van der Waals surface area contributed by atoms with Gasteiger partial charge >= 0.3 is 0 Å². The summed E-state index contributed by atoms with van der Waals surface area (Å²) in [6, 6.07) is 3.93. The number of nitrogens with two attached hydrogens (primary N) is 1. The van der Waals surface area contributed by atoms with E-state index in [-0.39, 0.29) is 0 Å². The zero-order valence-electron chi connectivity index (χ0n) is 8.71. The minimum atomic E-state index is 0.622. The van der Waals surface area contributed by atoms with Crippen LogP contribution in [0.4, 0.5) is 0 Å². The van der Waals surface area contributed by atoms with Gasteiger partial charge in [0.1, 0.15) is 5.65 Å². The van der Waals surface area contributed by atoms with Gasteiger partial charge in [0.25, 0.3) is 0 Å². The third-order valence-corrected chi connectivity index (χ3v) is 2.59. The molecule has 2 N–H and O–H groups in total. The fourth-order valence-electron chi connectivity index (χ4n) is 1.81. The highest BCUT2D eigenvalue weighted by atomic mass is 16.3. The second-order valence-corrected chi connectivity index (χ2v) is 3.62. The maximum Gasteiger partial charge on any atom is 0.136 e. The Kier molecular flexibility index (Phi) is 2.04. The Balaban J connectivity index is 2.09. The zero-order chi connectivity index (χ0) is 11.0. The van der Waals surface area contributed by atoms with E-state index in [0.717, 1.165) is 23.4 Å². The maximum atomic E-state index is 5.55. The summed E-state index contributed by atoms with van der Waals surface area (Å²) in [4.78, 5) is 0. The van der Waals surface area contributed by atoms with Gasteiger partial charge in [-0.3, -0.25) is 0 Å². The minimum Gasteiger partial charge on any atom is -0.472 e. The van der Waals surface area contributed by atoms with Gasteiger partial charge in [0.15, 0.2) is 0 Å². The van der Waals surface area contributed by atoms with E-state index >= 15 is 0 Å². The molecule has 0 amide bonds. The highest BCUT2D eigenvalue weighted by Gasteiger charge is 2.08. The van der Waals surface area contributed by atoms with Crippen LogP contribution in [0.2, 0.25) is 0 Å². The van der Waals surface area contributed by atoms with Gasteiger partial charge in [-0.2, -0.15) is 5.10 Å². The lowest BCUT2D eigenvalue weighted by Crippen LogP contribution is -2.08. The molecular formula is C11H12N4O. The number of furan rings is 1. The summed E-state index contributed by atoms with van der Waals surface area (Å²) < 4.78 is 8.97. The van der Waals surface area contributed by atoms with E-state index in [1.165, 1.54) is 0 Å². The van der Waals surface area contributed by atoms with Crippen LogP contribution in [0.15, 0.2) is 41.5 Å². The number of hydrogen-bond donors (Lipinski definition) is 1. The first-order valence-corrected chi connectivity index (χ1v) is 5.15. The number of hydrogen-bond acceptors (Lipinski definition) is 3. The molecule has 0 bridgehead atoms. The number of fused-ring (bicyclic) bond motifs is 1. The van der Waals surface area contributed by atoms with Crippen LogP contribution in [0.3, 0.4) is 0 Å². The van der Waals surface area contributed by atoms with Crippen LogP contribution in [0.25, 0.3) is 16.9 Å². The summed E-state index contributed by atoms with van der Waals surface area (Å²) in [5, 5.41) is 4.45. The summed E-state index contributed by atoms with van der Waals surface area (Å²) in [6.45, 7) is 1.42. The molecule has 16 heavy (non-hydrogen) atoms. The van der Waals surface area contributed by atoms with Crippen molar-refractivity contribution in [2.24, 2.45) is 5.73 Å². The van der Waals surface area contributed by atoms with E-state index in [4.69, 9.17) is 10.2 Å². The van der Waals surface area contributed by atoms with Crippen LogP contribution < -0.4 is 5.73 Å². The molecule has 3 aromatic rings. The second-order valence-electron chi connectivity index (χ2n) is 3.62. The summed E-state index contributed by atoms with van der Waals surface area (Å²) in [7, 11) is 0. The molecule has 3 heterocycles. The van der Waals surface area contributed by atoms with Gasteiger partial charge in [-0.05, 0) is 6.07 Å². The average molecular weight is 216 g/mol. The van der Waals surface area contributed by atoms with Gasteiger partial charge in [0.05, 0.1) is 18.2 Å². The van der Waals surface area contributed by atoms with Crippen molar-refractivity contribution in [1.29, 1.82) is 0 Å². The number of rotatable bonds is 3. The van der Waals surface area contributed by atoms with E-state index in [0.29, 0.717) is 6.54 Å². The quantitative estimate of drug-likeness (QED) is 0.719. The van der Waals surface area contributed by atoms with Crippen LogP contribution in [0, 0.1) is 0 Å². The summed E-state index contributed by atoms with van der Waals surface area (Å²) in [5.74, 6) is 0. The topological polar surface area (TPSA) is 61.4 Å². The summed E-state index contributed by atoms with van der Waals surface area (Å²) in [5.41, 5.74) is 8.49. The van der Waals surface area contributed by atoms with E-state index in [9.17, 15) is 0 Å². The molecule has 82 valence electrons. The minimum absolute atomic E-state index is 0.622. The van der Waals surface area contributed by atoms with Crippen LogP contribution in [0.5, 0.6) is 0 Å². The molecule has 3 rings (SSSR count). The third kappa shape index (κ3) is 1.33. The first-order valence-electron chi connectivity index (χ1n) is 5.15. The Morgan fingerprint density at radius 2 is 2.31 bits per heavy atom. The van der Waals surface area contributed by atoms with Crippen LogP contribution in [0.1, 0.15) is 0 Å². The van der Waals surface area contributed by atoms with E-state index in [1.807, 2.05) is 29.0 Å². The highest BCUT2D eigenvalue weighted by Crippen LogP contribution is 2.20. The molecular weight excluding hydrogens is 204 g/mol. The van der Waals surface area contributed by atoms with Gasteiger partial charge in [-0.25, -0.2) is 4.52 Å². The Labute approximate surface area is 92.1 Å². The average Bonchev–Trinajstić information content (AvgIpc) is 2.93. The van der Waals surface area contributed by atoms with E-state index in [2.05, 4.69) is 9.67 Å². The Hall–Kier alpha value is -2.01. The molecule has 0 aliphatic heterocycles. The number of imidazole rings is 1. The fourth-order valence-corrected chi connectivity index (χ4v) is 1.81. The van der Waals surface area contributed by atoms with Crippen LogP contribution >= 0.6 is 0 Å². The lowest BCUT2D eigenvalue weighted by molar-refractivity contribution is 0.568. The van der Waals surface area contributed by atoms with E-state index in [1.54, 1.807) is 12.5 Å². The van der Waals surface area contributed by atoms with Gasteiger partial charge in [-0.15, -0.1) is 0 Å². The van der Waals surface area contributed by atoms with Crippen molar-refractivity contribution in [1.82, 2.24) is 14.2 Å². The summed E-state index contributed by atoms with van der Waals surface area (Å²) >= 11 is 0. The molecule has 0 unspecified atom stereocenters. The first-order chi connectivity index (χ1) is 7.88. The fraction of sp³-hybridized carbons (Fsp3) is 0.182. The molecule has 0 spiro atoms. The Morgan fingerprint density at radius 3 is 3.06 bits per heavy atom. The molecule has 0 saturated heterocycles. The molecule has 0 radical (unpaired) electrons. The van der Waals surface area contributed by atoms with Crippen molar-refractivity contribution in [2.45, 2.75) is 6.54 Å². The predicted molar refractivity (Wildman–Crippen MR) is 59.9 cm³/mol. The van der Waals surface area contributed by atoms with Crippen molar-refractivity contribution >= 4 is 5.65 Å². The number of aromatic nitrogens is 3. The molecule has 0 saturated carbocycles. The van der Waals surface area contributed by atoms with Crippen molar-refractivity contribution in [3.8, 4) is 11.3 Å². The van der Waals surface area contributed by atoms with Gasteiger partial charge in [0, 0.05) is 37.1 Å². The van der Waals surface area contributed by atoms with Gasteiger partial charge < -0.3 is 14.7 Å². The second kappa shape index (κ2) is 3.53. The molecule has 0 fully saturated rings. The van der Waals surface area contributed by atoms with Crippen molar-refractivity contribution in [3.05, 3.63) is 37.1 Å². The predicted octanol–water partition coefficient (Wildman–Crippen LogP) is 1.35. The summed E-state index contributed by atoms with van der Waals surface area (Å²) in [6.07, 6.45) is 7.24. The molecule has 0 aliphatic carbocycles. The molecule has 0 aromatic carbocycles. The highest BCUT2D eigenvalue weighted by molar-refractivity contribution is 5.63. The molecule has 0 aliphatic rings. The largest absolute Gasteiger partial charge is 0.472 e.